The van der Waals surface area contributed by atoms with Crippen molar-refractivity contribution >= 4 is 17.0 Å². The SMILES string of the molecule is CC[C@@]1(CO)O[C@@H](n2cnc3c(NC(c4ccccc4)(c4ccccc4)c4ccc(OC)cc4)nc(F)nc32)[C@@H](F)[C@@H]1C. The maximum absolute atomic E-state index is 15.7. The highest BCUT2D eigenvalue weighted by atomic mass is 19.1. The molecule has 0 amide bonds. The van der Waals surface area contributed by atoms with Crippen LogP contribution in [0.4, 0.5) is 14.6 Å². The van der Waals surface area contributed by atoms with E-state index in [0.29, 0.717) is 12.2 Å². The molecule has 2 aromatic heterocycles. The van der Waals surface area contributed by atoms with Gasteiger partial charge in [-0.15, -0.1) is 0 Å². The van der Waals surface area contributed by atoms with Gasteiger partial charge in [-0.1, -0.05) is 86.6 Å². The van der Waals surface area contributed by atoms with Gasteiger partial charge in [0, 0.05) is 5.92 Å². The molecule has 10 heteroatoms. The molecular weight excluding hydrogens is 552 g/mol. The molecule has 6 rings (SSSR count). The second-order valence-electron chi connectivity index (χ2n) is 10.8. The molecular formula is C33H33F2N5O3. The van der Waals surface area contributed by atoms with Crippen molar-refractivity contribution in [3.63, 3.8) is 0 Å². The van der Waals surface area contributed by atoms with Gasteiger partial charge in [0.05, 0.1) is 25.6 Å². The third-order valence-electron chi connectivity index (χ3n) is 8.71. The molecule has 1 saturated heterocycles. The molecule has 0 spiro atoms. The van der Waals surface area contributed by atoms with E-state index in [1.807, 2.05) is 91.9 Å². The fourth-order valence-corrected chi connectivity index (χ4v) is 6.13. The standard InChI is InChI=1S/C33H33F2N5O3/c1-4-32(19-41)21(2)26(34)30(43-32)40-20-36-27-28(37-31(35)38-29(27)40)39-33(22-11-7-5-8-12-22,23-13-9-6-10-14-23)24-15-17-25(42-3)18-16-24/h5-18,20-21,26,30,41H,4,19H2,1-3H3,(H,37,38,39)/t21-,26-,30+,32-/m0/s1. The fourth-order valence-electron chi connectivity index (χ4n) is 6.13. The van der Waals surface area contributed by atoms with Crippen molar-refractivity contribution in [2.24, 2.45) is 5.92 Å². The number of anilines is 1. The van der Waals surface area contributed by atoms with E-state index < -0.39 is 35.5 Å². The van der Waals surface area contributed by atoms with Crippen molar-refractivity contribution in [1.82, 2.24) is 19.5 Å². The van der Waals surface area contributed by atoms with Crippen molar-refractivity contribution in [3.05, 3.63) is 114 Å². The Kier molecular flexibility index (Phi) is 7.57. The van der Waals surface area contributed by atoms with Crippen molar-refractivity contribution < 1.29 is 23.4 Å². The van der Waals surface area contributed by atoms with Crippen molar-refractivity contribution in [2.75, 3.05) is 19.0 Å². The zero-order valence-electron chi connectivity index (χ0n) is 24.1. The van der Waals surface area contributed by atoms with Crippen LogP contribution >= 0.6 is 0 Å². The summed E-state index contributed by atoms with van der Waals surface area (Å²) in [6.45, 7) is 3.20. The molecule has 3 aromatic carbocycles. The summed E-state index contributed by atoms with van der Waals surface area (Å²) in [5.41, 5.74) is 0.761. The van der Waals surface area contributed by atoms with Gasteiger partial charge in [-0.2, -0.15) is 14.4 Å². The Balaban J connectivity index is 1.55. The van der Waals surface area contributed by atoms with Gasteiger partial charge in [-0.25, -0.2) is 9.37 Å². The zero-order chi connectivity index (χ0) is 30.2. The Morgan fingerprint density at radius 2 is 1.58 bits per heavy atom. The lowest BCUT2D eigenvalue weighted by molar-refractivity contribution is -0.113. The minimum absolute atomic E-state index is 0.0736. The van der Waals surface area contributed by atoms with E-state index in [-0.39, 0.29) is 23.6 Å². The molecule has 5 aromatic rings. The van der Waals surface area contributed by atoms with E-state index in [9.17, 15) is 5.11 Å². The molecule has 3 heterocycles. The molecule has 0 bridgehead atoms. The normalized spacial score (nSPS) is 22.1. The highest BCUT2D eigenvalue weighted by molar-refractivity contribution is 5.84. The molecule has 0 radical (unpaired) electrons. The molecule has 4 atom stereocenters. The number of methoxy groups -OCH3 is 1. The number of hydrogen-bond acceptors (Lipinski definition) is 7. The maximum atomic E-state index is 15.7. The summed E-state index contributed by atoms with van der Waals surface area (Å²) in [5.74, 6) is 0.203. The number of nitrogens with one attached hydrogen (secondary N) is 1. The van der Waals surface area contributed by atoms with E-state index in [0.717, 1.165) is 16.7 Å². The molecule has 0 aliphatic carbocycles. The van der Waals surface area contributed by atoms with E-state index in [2.05, 4.69) is 20.3 Å². The highest BCUT2D eigenvalue weighted by Crippen LogP contribution is 2.46. The Morgan fingerprint density at radius 3 is 2.12 bits per heavy atom. The topological polar surface area (TPSA) is 94.3 Å². The summed E-state index contributed by atoms with van der Waals surface area (Å²) >= 11 is 0. The molecule has 1 aliphatic heterocycles. The highest BCUT2D eigenvalue weighted by Gasteiger charge is 2.53. The number of aliphatic hydroxyl groups excluding tert-OH is 1. The van der Waals surface area contributed by atoms with Gasteiger partial charge >= 0.3 is 6.08 Å². The molecule has 0 saturated carbocycles. The van der Waals surface area contributed by atoms with Crippen molar-refractivity contribution in [2.45, 2.75) is 43.8 Å². The third kappa shape index (κ3) is 4.71. The number of benzene rings is 3. The fraction of sp³-hybridized carbons (Fsp3) is 0.303. The number of nitrogens with zero attached hydrogens (tertiary/aromatic N) is 4. The molecule has 43 heavy (non-hydrogen) atoms. The number of rotatable bonds is 9. The van der Waals surface area contributed by atoms with Crippen LogP contribution in [0.5, 0.6) is 5.75 Å². The van der Waals surface area contributed by atoms with E-state index in [1.165, 1.54) is 10.9 Å². The third-order valence-corrected chi connectivity index (χ3v) is 8.71. The maximum Gasteiger partial charge on any atom is 0.312 e. The average Bonchev–Trinajstić information content (AvgIpc) is 3.58. The summed E-state index contributed by atoms with van der Waals surface area (Å²) in [4.78, 5) is 12.7. The quantitative estimate of drug-likeness (QED) is 0.161. The number of halogens is 2. The summed E-state index contributed by atoms with van der Waals surface area (Å²) < 4.78 is 43.9. The summed E-state index contributed by atoms with van der Waals surface area (Å²) in [5, 5.41) is 13.6. The second-order valence-corrected chi connectivity index (χ2v) is 10.8. The summed E-state index contributed by atoms with van der Waals surface area (Å²) in [6, 6.07) is 27.1. The van der Waals surface area contributed by atoms with E-state index in [1.54, 1.807) is 14.0 Å². The van der Waals surface area contributed by atoms with Gasteiger partial charge in [0.1, 0.15) is 11.3 Å². The predicted molar refractivity (Wildman–Crippen MR) is 159 cm³/mol. The van der Waals surface area contributed by atoms with Gasteiger partial charge in [-0.3, -0.25) is 4.57 Å². The van der Waals surface area contributed by atoms with Crippen LogP contribution in [0.15, 0.2) is 91.3 Å². The summed E-state index contributed by atoms with van der Waals surface area (Å²) in [7, 11) is 1.60. The molecule has 2 N–H and O–H groups in total. The number of hydrogen-bond donors (Lipinski definition) is 2. The number of aromatic nitrogens is 4. The minimum atomic E-state index is -1.48. The lowest BCUT2D eigenvalue weighted by atomic mass is 9.77. The van der Waals surface area contributed by atoms with Gasteiger partial charge < -0.3 is 19.9 Å². The van der Waals surface area contributed by atoms with Crippen molar-refractivity contribution in [3.8, 4) is 5.75 Å². The van der Waals surface area contributed by atoms with Crippen LogP contribution in [0.25, 0.3) is 11.2 Å². The van der Waals surface area contributed by atoms with Crippen LogP contribution in [0, 0.1) is 12.0 Å². The summed E-state index contributed by atoms with van der Waals surface area (Å²) in [6.07, 6.45) is -1.85. The second kappa shape index (κ2) is 11.3. The molecule has 0 unspecified atom stereocenters. The lowest BCUT2D eigenvalue weighted by Crippen LogP contribution is -2.39. The smallest absolute Gasteiger partial charge is 0.312 e. The molecule has 222 valence electrons. The molecule has 1 aliphatic rings. The number of ether oxygens (including phenoxy) is 2. The van der Waals surface area contributed by atoms with Gasteiger partial charge in [0.2, 0.25) is 0 Å². The Hall–Kier alpha value is -4.41. The van der Waals surface area contributed by atoms with Crippen molar-refractivity contribution in [1.29, 1.82) is 0 Å². The van der Waals surface area contributed by atoms with E-state index >= 15 is 8.78 Å². The van der Waals surface area contributed by atoms with Gasteiger partial charge in [0.25, 0.3) is 0 Å². The van der Waals surface area contributed by atoms with Crippen LogP contribution in [0.2, 0.25) is 0 Å². The van der Waals surface area contributed by atoms with Crippen LogP contribution in [0.3, 0.4) is 0 Å². The predicted octanol–water partition coefficient (Wildman–Crippen LogP) is 6.02. The zero-order valence-corrected chi connectivity index (χ0v) is 24.1. The first-order valence-corrected chi connectivity index (χ1v) is 14.2. The lowest BCUT2D eigenvalue weighted by Gasteiger charge is -2.37. The largest absolute Gasteiger partial charge is 0.497 e. The first-order chi connectivity index (χ1) is 20.9. The van der Waals surface area contributed by atoms with E-state index in [4.69, 9.17) is 9.47 Å². The van der Waals surface area contributed by atoms with Gasteiger partial charge in [0.15, 0.2) is 29.4 Å². The Labute approximate surface area is 248 Å². The first-order valence-electron chi connectivity index (χ1n) is 14.2. The van der Waals surface area contributed by atoms with Crippen LogP contribution in [0.1, 0.15) is 43.2 Å². The number of alkyl halides is 1. The monoisotopic (exact) mass is 585 g/mol. The van der Waals surface area contributed by atoms with Gasteiger partial charge in [-0.05, 0) is 35.2 Å². The first kappa shape index (κ1) is 28.7. The van der Waals surface area contributed by atoms with Crippen LogP contribution < -0.4 is 10.1 Å². The molecule has 1 fully saturated rings. The molecule has 8 nitrogen and oxygen atoms in total. The minimum Gasteiger partial charge on any atom is -0.497 e. The number of aliphatic hydroxyl groups is 1. The van der Waals surface area contributed by atoms with Crippen LogP contribution in [-0.2, 0) is 10.3 Å². The Morgan fingerprint density at radius 1 is 0.977 bits per heavy atom. The average molecular weight is 586 g/mol. The number of fused-ring (bicyclic) bond motifs is 1. The van der Waals surface area contributed by atoms with Crippen LogP contribution in [-0.4, -0.2) is 50.1 Å². The Bertz CT molecular complexity index is 1660. The number of imidazole rings is 1.